The number of nitrogens with two attached hydrogens (primary N) is 1. The van der Waals surface area contributed by atoms with E-state index in [0.29, 0.717) is 24.0 Å². The van der Waals surface area contributed by atoms with Crippen LogP contribution in [0.5, 0.6) is 5.75 Å². The van der Waals surface area contributed by atoms with Crippen molar-refractivity contribution < 1.29 is 4.74 Å². The van der Waals surface area contributed by atoms with Gasteiger partial charge in [0.05, 0.1) is 19.0 Å². The molecule has 6 nitrogen and oxygen atoms in total. The van der Waals surface area contributed by atoms with Gasteiger partial charge in [0.2, 0.25) is 0 Å². The lowest BCUT2D eigenvalue weighted by atomic mass is 10.1. The van der Waals surface area contributed by atoms with Crippen LogP contribution in [-0.4, -0.2) is 26.4 Å². The number of hydrogen-bond acceptors (Lipinski definition) is 5. The molecule has 0 saturated carbocycles. The molecule has 2 aromatic rings. The summed E-state index contributed by atoms with van der Waals surface area (Å²) in [6, 6.07) is 0. The van der Waals surface area contributed by atoms with E-state index in [1.807, 2.05) is 20.8 Å². The van der Waals surface area contributed by atoms with Crippen molar-refractivity contribution in [2.24, 2.45) is 0 Å². The van der Waals surface area contributed by atoms with Crippen LogP contribution >= 0.6 is 0 Å². The fourth-order valence-electron chi connectivity index (χ4n) is 1.80. The van der Waals surface area contributed by atoms with Crippen LogP contribution in [0.1, 0.15) is 32.3 Å². The Hall–Kier alpha value is -2.11. The van der Waals surface area contributed by atoms with Gasteiger partial charge in [-0.3, -0.25) is 0 Å². The molecule has 0 fully saturated rings. The second-order valence-electron chi connectivity index (χ2n) is 4.20. The topological polar surface area (TPSA) is 78.8 Å². The molecule has 0 unspecified atom stereocenters. The standard InChI is InChI=1S/C12H17N5O/c1-4-18-9-5-16-17(6-9)12-10(8(2)3)11(13)14-7-15-12/h5-8H,4H2,1-3H3,(H2,13,14,15). The van der Waals surface area contributed by atoms with Gasteiger partial charge in [-0.2, -0.15) is 5.10 Å². The van der Waals surface area contributed by atoms with Crippen LogP contribution in [0.2, 0.25) is 0 Å². The Labute approximate surface area is 106 Å². The Kier molecular flexibility index (Phi) is 3.45. The van der Waals surface area contributed by atoms with Crippen molar-refractivity contribution in [2.45, 2.75) is 26.7 Å². The maximum atomic E-state index is 5.90. The van der Waals surface area contributed by atoms with Gasteiger partial charge in [-0.25, -0.2) is 14.6 Å². The number of nitrogen functional groups attached to an aromatic ring is 1. The molecule has 2 rings (SSSR count). The molecule has 96 valence electrons. The maximum absolute atomic E-state index is 5.90. The molecule has 0 aliphatic carbocycles. The smallest absolute Gasteiger partial charge is 0.162 e. The highest BCUT2D eigenvalue weighted by atomic mass is 16.5. The van der Waals surface area contributed by atoms with Crippen LogP contribution in [0.4, 0.5) is 5.82 Å². The Morgan fingerprint density at radius 3 is 2.83 bits per heavy atom. The van der Waals surface area contributed by atoms with Gasteiger partial charge in [0.25, 0.3) is 0 Å². The first-order chi connectivity index (χ1) is 8.63. The third-order valence-corrected chi connectivity index (χ3v) is 2.56. The molecular formula is C12H17N5O. The number of nitrogens with zero attached hydrogens (tertiary/aromatic N) is 4. The second-order valence-corrected chi connectivity index (χ2v) is 4.20. The molecule has 2 heterocycles. The van der Waals surface area contributed by atoms with E-state index in [0.717, 1.165) is 5.56 Å². The summed E-state index contributed by atoms with van der Waals surface area (Å²) in [5.41, 5.74) is 6.79. The first kappa shape index (κ1) is 12.3. The van der Waals surface area contributed by atoms with Crippen molar-refractivity contribution in [3.63, 3.8) is 0 Å². The minimum absolute atomic E-state index is 0.223. The highest BCUT2D eigenvalue weighted by Gasteiger charge is 2.15. The summed E-state index contributed by atoms with van der Waals surface area (Å²) in [7, 11) is 0. The summed E-state index contributed by atoms with van der Waals surface area (Å²) < 4.78 is 7.05. The van der Waals surface area contributed by atoms with Crippen LogP contribution in [-0.2, 0) is 0 Å². The first-order valence-electron chi connectivity index (χ1n) is 5.91. The summed E-state index contributed by atoms with van der Waals surface area (Å²) in [6.07, 6.45) is 4.89. The molecule has 0 aliphatic rings. The molecule has 0 radical (unpaired) electrons. The first-order valence-corrected chi connectivity index (χ1v) is 5.91. The molecular weight excluding hydrogens is 230 g/mol. The van der Waals surface area contributed by atoms with Gasteiger partial charge in [0.1, 0.15) is 12.1 Å². The van der Waals surface area contributed by atoms with Crippen molar-refractivity contribution in [1.29, 1.82) is 0 Å². The maximum Gasteiger partial charge on any atom is 0.162 e. The summed E-state index contributed by atoms with van der Waals surface area (Å²) in [5, 5.41) is 4.24. The number of hydrogen-bond donors (Lipinski definition) is 1. The number of anilines is 1. The van der Waals surface area contributed by atoms with Crippen LogP contribution in [0.3, 0.4) is 0 Å². The summed E-state index contributed by atoms with van der Waals surface area (Å²) in [6.45, 7) is 6.63. The lowest BCUT2D eigenvalue weighted by molar-refractivity contribution is 0.340. The van der Waals surface area contributed by atoms with Gasteiger partial charge in [-0.15, -0.1) is 0 Å². The highest BCUT2D eigenvalue weighted by Crippen LogP contribution is 2.25. The van der Waals surface area contributed by atoms with E-state index in [1.54, 1.807) is 17.1 Å². The Balaban J connectivity index is 2.46. The fourth-order valence-corrected chi connectivity index (χ4v) is 1.80. The number of rotatable bonds is 4. The van der Waals surface area contributed by atoms with E-state index in [2.05, 4.69) is 15.1 Å². The molecule has 0 bridgehead atoms. The Morgan fingerprint density at radius 1 is 1.39 bits per heavy atom. The molecule has 0 saturated heterocycles. The van der Waals surface area contributed by atoms with Crippen molar-refractivity contribution in [3.05, 3.63) is 24.3 Å². The molecule has 0 amide bonds. The summed E-state index contributed by atoms with van der Waals surface area (Å²) >= 11 is 0. The van der Waals surface area contributed by atoms with Crippen molar-refractivity contribution in [2.75, 3.05) is 12.3 Å². The quantitative estimate of drug-likeness (QED) is 0.890. The monoisotopic (exact) mass is 247 g/mol. The van der Waals surface area contributed by atoms with Crippen molar-refractivity contribution >= 4 is 5.82 Å². The molecule has 0 atom stereocenters. The van der Waals surface area contributed by atoms with Crippen LogP contribution in [0.25, 0.3) is 5.82 Å². The highest BCUT2D eigenvalue weighted by molar-refractivity contribution is 5.50. The molecule has 0 aliphatic heterocycles. The molecule has 18 heavy (non-hydrogen) atoms. The average Bonchev–Trinajstić information content (AvgIpc) is 2.77. The zero-order valence-electron chi connectivity index (χ0n) is 10.8. The van der Waals surface area contributed by atoms with E-state index >= 15 is 0 Å². The third kappa shape index (κ3) is 2.27. The fraction of sp³-hybridized carbons (Fsp3) is 0.417. The van der Waals surface area contributed by atoms with Gasteiger partial charge in [0, 0.05) is 5.56 Å². The molecule has 2 N–H and O–H groups in total. The largest absolute Gasteiger partial charge is 0.491 e. The third-order valence-electron chi connectivity index (χ3n) is 2.56. The number of ether oxygens (including phenoxy) is 1. The molecule has 0 aromatic carbocycles. The van der Waals surface area contributed by atoms with E-state index < -0.39 is 0 Å². The van der Waals surface area contributed by atoms with Gasteiger partial charge >= 0.3 is 0 Å². The van der Waals surface area contributed by atoms with Crippen LogP contribution in [0.15, 0.2) is 18.7 Å². The van der Waals surface area contributed by atoms with E-state index in [4.69, 9.17) is 10.5 Å². The predicted molar refractivity (Wildman–Crippen MR) is 68.8 cm³/mol. The summed E-state index contributed by atoms with van der Waals surface area (Å²) in [5.74, 6) is 2.12. The van der Waals surface area contributed by atoms with Crippen molar-refractivity contribution in [1.82, 2.24) is 19.7 Å². The van der Waals surface area contributed by atoms with Crippen LogP contribution < -0.4 is 10.5 Å². The normalized spacial score (nSPS) is 10.9. The van der Waals surface area contributed by atoms with Gasteiger partial charge in [-0.05, 0) is 12.8 Å². The predicted octanol–water partition coefficient (Wildman–Crippen LogP) is 1.77. The molecule has 2 aromatic heterocycles. The van der Waals surface area contributed by atoms with E-state index in [9.17, 15) is 0 Å². The SMILES string of the molecule is CCOc1cnn(-c2ncnc(N)c2C(C)C)c1. The number of aromatic nitrogens is 4. The minimum Gasteiger partial charge on any atom is -0.491 e. The van der Waals surface area contributed by atoms with Gasteiger partial charge in [-0.1, -0.05) is 13.8 Å². The van der Waals surface area contributed by atoms with Gasteiger partial charge in [0.15, 0.2) is 11.6 Å². The van der Waals surface area contributed by atoms with E-state index in [-0.39, 0.29) is 5.92 Å². The van der Waals surface area contributed by atoms with Gasteiger partial charge < -0.3 is 10.5 Å². The minimum atomic E-state index is 0.223. The van der Waals surface area contributed by atoms with E-state index in [1.165, 1.54) is 6.33 Å². The summed E-state index contributed by atoms with van der Waals surface area (Å²) in [4.78, 5) is 8.28. The lowest BCUT2D eigenvalue weighted by Crippen LogP contribution is -2.09. The average molecular weight is 247 g/mol. The van der Waals surface area contributed by atoms with Crippen LogP contribution in [0, 0.1) is 0 Å². The zero-order chi connectivity index (χ0) is 13.1. The Bertz CT molecular complexity index is 535. The molecule has 0 spiro atoms. The Morgan fingerprint density at radius 2 is 2.17 bits per heavy atom. The second kappa shape index (κ2) is 5.03. The lowest BCUT2D eigenvalue weighted by Gasteiger charge is -2.12. The van der Waals surface area contributed by atoms with Crippen molar-refractivity contribution in [3.8, 4) is 11.6 Å². The zero-order valence-corrected chi connectivity index (χ0v) is 10.8. The molecule has 6 heteroatoms.